The van der Waals surface area contributed by atoms with Crippen molar-refractivity contribution >= 4 is 14.7 Å². The second kappa shape index (κ2) is 2.00. The minimum Gasteiger partial charge on any atom is -0.330 e. The summed E-state index contributed by atoms with van der Waals surface area (Å²) < 4.78 is 1.38. The molecule has 2 radical (unpaired) electrons. The lowest BCUT2D eigenvalue weighted by Crippen LogP contribution is -2.00. The van der Waals surface area contributed by atoms with Crippen LogP contribution in [0.2, 0.25) is 0 Å². The Morgan fingerprint density at radius 1 is 2.00 bits per heavy atom. The van der Waals surface area contributed by atoms with Gasteiger partial charge in [-0.05, 0) is 6.92 Å². The van der Waals surface area contributed by atoms with Gasteiger partial charge in [-0.2, -0.15) is 0 Å². The monoisotopic (exact) mass is 68.1 g/mol. The highest BCUT2D eigenvalue weighted by molar-refractivity contribution is 5.96. The fourth-order valence-corrected chi connectivity index (χ4v) is 0. The van der Waals surface area contributed by atoms with Gasteiger partial charge in [-0.15, -0.1) is 0 Å². The van der Waals surface area contributed by atoms with E-state index in [2.05, 4.69) is 6.72 Å². The maximum Gasteiger partial charge on any atom is 0.579 e. The predicted molar refractivity (Wildman–Crippen MR) is 23.7 cm³/mol. The highest BCUT2D eigenvalue weighted by atomic mass is 14.8. The maximum absolute atomic E-state index is 5.01. The molecule has 0 saturated carbocycles. The summed E-state index contributed by atoms with van der Waals surface area (Å²) in [6, 6.07) is 0. The molecule has 0 N–H and O–H groups in total. The normalized spacial score (nSPS) is 7.40. The van der Waals surface area contributed by atoms with Gasteiger partial charge in [0.2, 0.25) is 0 Å². The minimum atomic E-state index is 0.806. The largest absolute Gasteiger partial charge is 0.579 e. The van der Waals surface area contributed by atoms with Gasteiger partial charge in [0.15, 0.2) is 0 Å². The van der Waals surface area contributed by atoms with Crippen LogP contribution in [0.15, 0.2) is 0 Å². The van der Waals surface area contributed by atoms with Crippen molar-refractivity contribution in [1.29, 1.82) is 0 Å². The molecule has 26 valence electrons. The molecule has 0 aliphatic rings. The Labute approximate surface area is 33.7 Å². The molecule has 0 spiro atoms. The molecule has 0 fully saturated rings. The number of hydrogen-bond acceptors (Lipinski definition) is 0. The number of rotatable bonds is 1. The summed E-state index contributed by atoms with van der Waals surface area (Å²) in [5, 5.41) is 0. The third-order valence-electron chi connectivity index (χ3n) is 0.406. The van der Waals surface area contributed by atoms with Crippen molar-refractivity contribution in [2.45, 2.75) is 6.92 Å². The fourth-order valence-electron chi connectivity index (χ4n) is 0. The summed E-state index contributed by atoms with van der Waals surface area (Å²) in [5.74, 6) is 0. The van der Waals surface area contributed by atoms with E-state index >= 15 is 0 Å². The van der Waals surface area contributed by atoms with Crippen molar-refractivity contribution < 1.29 is 4.49 Å². The van der Waals surface area contributed by atoms with Crippen molar-refractivity contribution in [2.24, 2.45) is 0 Å². The Morgan fingerprint density at radius 2 is 2.20 bits per heavy atom. The van der Waals surface area contributed by atoms with Crippen LogP contribution in [0.1, 0.15) is 6.92 Å². The molecule has 0 rings (SSSR count). The number of nitrogens with zero attached hydrogens (tertiary/aromatic N) is 1. The molecule has 0 aliphatic heterocycles. The molecule has 0 aromatic heterocycles. The summed E-state index contributed by atoms with van der Waals surface area (Å²) in [5.41, 5.74) is 0. The lowest BCUT2D eigenvalue weighted by atomic mass is 10.4. The van der Waals surface area contributed by atoms with Gasteiger partial charge >= 0.3 is 7.98 Å². The lowest BCUT2D eigenvalue weighted by Gasteiger charge is -1.78. The van der Waals surface area contributed by atoms with Gasteiger partial charge in [-0.25, -0.2) is 0 Å². The van der Waals surface area contributed by atoms with Crippen LogP contribution < -0.4 is 0 Å². The first-order valence-electron chi connectivity index (χ1n) is 1.60. The van der Waals surface area contributed by atoms with Gasteiger partial charge in [-0.3, -0.25) is 0 Å². The molecule has 0 unspecified atom stereocenters. The van der Waals surface area contributed by atoms with Gasteiger partial charge in [0, 0.05) is 0 Å². The molecule has 2 heteroatoms. The standard InChI is InChI=1S/C3H7BN/c1-3-5(2)4/h2-3H2,1H3/q+1. The van der Waals surface area contributed by atoms with Gasteiger partial charge in [-0.1, -0.05) is 0 Å². The Bertz CT molecular complexity index is 42.2. The first kappa shape index (κ1) is 4.73. The molecule has 0 bridgehead atoms. The Hall–Kier alpha value is -0.265. The summed E-state index contributed by atoms with van der Waals surface area (Å²) in [4.78, 5) is 0. The Morgan fingerprint density at radius 3 is 2.20 bits per heavy atom. The zero-order valence-electron chi connectivity index (χ0n) is 3.44. The van der Waals surface area contributed by atoms with Crippen LogP contribution in [0.3, 0.4) is 0 Å². The number of hydrogen-bond donors (Lipinski definition) is 0. The van der Waals surface area contributed by atoms with Crippen LogP contribution in [0.4, 0.5) is 0 Å². The van der Waals surface area contributed by atoms with Crippen molar-refractivity contribution in [1.82, 2.24) is 0 Å². The molecule has 1 nitrogen and oxygen atoms in total. The Balaban J connectivity index is 2.85. The van der Waals surface area contributed by atoms with Gasteiger partial charge in [0.25, 0.3) is 0 Å². The van der Waals surface area contributed by atoms with Gasteiger partial charge < -0.3 is 4.49 Å². The highest BCUT2D eigenvalue weighted by Gasteiger charge is 1.76. The quantitative estimate of drug-likeness (QED) is 0.296. The summed E-state index contributed by atoms with van der Waals surface area (Å²) in [6.45, 7) is 6.11. The third kappa shape index (κ3) is 3.73. The maximum atomic E-state index is 5.01. The van der Waals surface area contributed by atoms with E-state index in [9.17, 15) is 0 Å². The van der Waals surface area contributed by atoms with E-state index < -0.39 is 0 Å². The van der Waals surface area contributed by atoms with Crippen molar-refractivity contribution in [3.63, 3.8) is 0 Å². The first-order chi connectivity index (χ1) is 2.27. The highest BCUT2D eigenvalue weighted by Crippen LogP contribution is 1.50. The molecule has 5 heavy (non-hydrogen) atoms. The van der Waals surface area contributed by atoms with E-state index in [0.717, 1.165) is 6.54 Å². The van der Waals surface area contributed by atoms with E-state index in [-0.39, 0.29) is 0 Å². The van der Waals surface area contributed by atoms with Crippen LogP contribution in [0.5, 0.6) is 0 Å². The van der Waals surface area contributed by atoms with Crippen LogP contribution in [-0.4, -0.2) is 25.7 Å². The average Bonchev–Trinajstić information content (AvgIpc) is 1.38. The third-order valence-corrected chi connectivity index (χ3v) is 0.406. The van der Waals surface area contributed by atoms with E-state index in [4.69, 9.17) is 7.98 Å². The zero-order valence-corrected chi connectivity index (χ0v) is 3.44. The van der Waals surface area contributed by atoms with Gasteiger partial charge in [0.1, 0.15) is 13.3 Å². The average molecular weight is 67.9 g/mol. The van der Waals surface area contributed by atoms with E-state index in [0.29, 0.717) is 0 Å². The van der Waals surface area contributed by atoms with Gasteiger partial charge in [0.05, 0.1) is 0 Å². The summed E-state index contributed by atoms with van der Waals surface area (Å²) in [6.07, 6.45) is 0. The fraction of sp³-hybridized carbons (Fsp3) is 0.667. The van der Waals surface area contributed by atoms with Crippen molar-refractivity contribution in [3.05, 3.63) is 0 Å². The Kier molecular flexibility index (Phi) is 1.90. The minimum absolute atomic E-state index is 0.806. The van der Waals surface area contributed by atoms with E-state index in [1.807, 2.05) is 6.92 Å². The molecule has 0 heterocycles. The molecule has 0 aromatic carbocycles. The summed E-state index contributed by atoms with van der Waals surface area (Å²) >= 11 is 0. The molecular formula is C3H7BN+. The summed E-state index contributed by atoms with van der Waals surface area (Å²) in [7, 11) is 5.01. The van der Waals surface area contributed by atoms with Crippen LogP contribution in [0, 0.1) is 0 Å². The molecule has 0 aromatic rings. The van der Waals surface area contributed by atoms with Crippen LogP contribution in [-0.2, 0) is 0 Å². The van der Waals surface area contributed by atoms with E-state index in [1.165, 1.54) is 4.49 Å². The molecular weight excluding hydrogens is 60.9 g/mol. The topological polar surface area (TPSA) is 3.01 Å². The molecule has 0 saturated heterocycles. The molecule has 0 amide bonds. The van der Waals surface area contributed by atoms with Crippen LogP contribution >= 0.6 is 0 Å². The van der Waals surface area contributed by atoms with Crippen LogP contribution in [0.25, 0.3) is 0 Å². The smallest absolute Gasteiger partial charge is 0.330 e. The SMILES string of the molecule is [B][N+](=C)CC. The van der Waals surface area contributed by atoms with E-state index in [1.54, 1.807) is 0 Å². The zero-order chi connectivity index (χ0) is 4.28. The first-order valence-corrected chi connectivity index (χ1v) is 1.60. The second-order valence-corrected chi connectivity index (χ2v) is 0.905. The second-order valence-electron chi connectivity index (χ2n) is 0.905. The molecule has 0 atom stereocenters. The lowest BCUT2D eigenvalue weighted by molar-refractivity contribution is -0.358. The predicted octanol–water partition coefficient (Wildman–Crippen LogP) is -0.197. The van der Waals surface area contributed by atoms with Crippen molar-refractivity contribution in [3.8, 4) is 0 Å². The van der Waals surface area contributed by atoms with Crippen molar-refractivity contribution in [2.75, 3.05) is 6.54 Å². The molecule has 0 aliphatic carbocycles.